The van der Waals surface area contributed by atoms with Crippen molar-refractivity contribution in [3.63, 3.8) is 0 Å². The number of nitrogens with zero attached hydrogens (tertiary/aromatic N) is 1. The van der Waals surface area contributed by atoms with Crippen LogP contribution in [-0.4, -0.2) is 57.0 Å². The summed E-state index contributed by atoms with van der Waals surface area (Å²) in [5.74, 6) is 1.64. The van der Waals surface area contributed by atoms with Crippen LogP contribution in [0.1, 0.15) is 33.1 Å². The Kier molecular flexibility index (Phi) is 8.85. The third-order valence-electron chi connectivity index (χ3n) is 6.48. The van der Waals surface area contributed by atoms with E-state index in [0.717, 1.165) is 31.5 Å². The molecule has 1 aliphatic heterocycles. The Labute approximate surface area is 223 Å². The first-order chi connectivity index (χ1) is 18.0. The molecule has 0 fully saturated rings. The predicted molar refractivity (Wildman–Crippen MR) is 147 cm³/mol. The molecule has 0 radical (unpaired) electrons. The highest BCUT2D eigenvalue weighted by atomic mass is 32.1. The summed E-state index contributed by atoms with van der Waals surface area (Å²) in [4.78, 5) is 13.9. The zero-order valence-corrected chi connectivity index (χ0v) is 22.2. The van der Waals surface area contributed by atoms with E-state index in [0.29, 0.717) is 34.5 Å². The minimum atomic E-state index is -0.382. The van der Waals surface area contributed by atoms with Crippen LogP contribution in [-0.2, 0) is 17.6 Å². The number of ether oxygens (including phenoxy) is 4. The molecule has 0 aliphatic carbocycles. The van der Waals surface area contributed by atoms with Gasteiger partial charge in [-0.2, -0.15) is 0 Å². The number of carbonyl (C=O) groups excluding carboxylic acids is 1. The van der Waals surface area contributed by atoms with Gasteiger partial charge in [0.2, 0.25) is 0 Å². The summed E-state index contributed by atoms with van der Waals surface area (Å²) in [6.07, 6.45) is 1.70. The largest absolute Gasteiger partial charge is 0.493 e. The lowest BCUT2D eigenvalue weighted by molar-refractivity contribution is 0.0600. The fourth-order valence-corrected chi connectivity index (χ4v) is 4.81. The maximum Gasteiger partial charge on any atom is 0.337 e. The quantitative estimate of drug-likeness (QED) is 0.325. The second-order valence-electron chi connectivity index (χ2n) is 8.66. The van der Waals surface area contributed by atoms with E-state index in [2.05, 4.69) is 22.3 Å². The molecule has 3 aromatic rings. The number of hydrogen-bond acceptors (Lipinski definition) is 6. The van der Waals surface area contributed by atoms with Crippen molar-refractivity contribution in [3.8, 4) is 17.2 Å². The van der Waals surface area contributed by atoms with Crippen molar-refractivity contribution in [2.75, 3.05) is 41.0 Å². The van der Waals surface area contributed by atoms with E-state index in [4.69, 9.17) is 31.2 Å². The molecule has 0 saturated heterocycles. The molecule has 4 rings (SSSR count). The number of carbonyl (C=O) groups is 1. The number of methoxy groups -OCH3 is 3. The Bertz CT molecular complexity index is 1220. The lowest BCUT2D eigenvalue weighted by Crippen LogP contribution is -2.47. The van der Waals surface area contributed by atoms with Crippen molar-refractivity contribution in [1.82, 2.24) is 10.2 Å². The maximum absolute atomic E-state index is 11.8. The van der Waals surface area contributed by atoms with Gasteiger partial charge in [-0.05, 0) is 78.1 Å². The molecule has 1 heterocycles. The highest BCUT2D eigenvalue weighted by Crippen LogP contribution is 2.38. The molecule has 37 heavy (non-hydrogen) atoms. The number of thiocarbonyl (C=S) groups is 1. The Morgan fingerprint density at radius 3 is 2.38 bits per heavy atom. The summed E-state index contributed by atoms with van der Waals surface area (Å²) in [5, 5.41) is 4.12. The van der Waals surface area contributed by atoms with E-state index in [1.165, 1.54) is 18.2 Å². The van der Waals surface area contributed by atoms with E-state index < -0.39 is 0 Å². The molecule has 0 saturated carbocycles. The van der Waals surface area contributed by atoms with E-state index in [9.17, 15) is 4.79 Å². The number of hydrogen-bond donors (Lipinski definition) is 1. The monoisotopic (exact) mass is 520 g/mol. The van der Waals surface area contributed by atoms with Crippen molar-refractivity contribution in [2.45, 2.75) is 18.9 Å². The number of rotatable bonds is 9. The van der Waals surface area contributed by atoms with E-state index in [-0.39, 0.29) is 12.0 Å². The zero-order valence-electron chi connectivity index (χ0n) is 21.4. The molecule has 3 aromatic carbocycles. The van der Waals surface area contributed by atoms with Crippen LogP contribution in [0.25, 0.3) is 0 Å². The molecular weight excluding hydrogens is 488 g/mol. The summed E-state index contributed by atoms with van der Waals surface area (Å²) in [6.45, 7) is 1.84. The van der Waals surface area contributed by atoms with E-state index in [1.54, 1.807) is 38.5 Å². The zero-order chi connectivity index (χ0) is 26.2. The van der Waals surface area contributed by atoms with Crippen molar-refractivity contribution in [3.05, 3.63) is 89.0 Å². The smallest absolute Gasteiger partial charge is 0.337 e. The van der Waals surface area contributed by atoms with Gasteiger partial charge in [0.1, 0.15) is 12.4 Å². The van der Waals surface area contributed by atoms with Gasteiger partial charge in [0.15, 0.2) is 16.6 Å². The molecule has 8 heteroatoms. The van der Waals surface area contributed by atoms with Crippen LogP contribution in [0.4, 0.5) is 0 Å². The van der Waals surface area contributed by atoms with Gasteiger partial charge in [-0.15, -0.1) is 0 Å². The molecule has 0 bridgehead atoms. The summed E-state index contributed by atoms with van der Waals surface area (Å²) < 4.78 is 22.1. The van der Waals surface area contributed by atoms with Gasteiger partial charge in [0.25, 0.3) is 0 Å². The molecule has 194 valence electrons. The molecule has 0 unspecified atom stereocenters. The van der Waals surface area contributed by atoms with Crippen molar-refractivity contribution < 1.29 is 23.7 Å². The number of fused-ring (bicyclic) bond motifs is 1. The molecule has 1 atom stereocenters. The standard InChI is InChI=1S/C29H32N2O5S/c1-33-26-17-22-14-16-31(29(37)30-15-13-20-7-5-4-6-8-20)25(24(22)18-27(26)34-2)19-36-23-11-9-21(10-12-23)28(32)35-3/h4-12,17-18,25H,13-16,19H2,1-3H3,(H,30,37)/t25-/m1/s1. The third-order valence-corrected chi connectivity index (χ3v) is 6.86. The highest BCUT2D eigenvalue weighted by molar-refractivity contribution is 7.80. The van der Waals surface area contributed by atoms with Crippen molar-refractivity contribution >= 4 is 23.3 Å². The van der Waals surface area contributed by atoms with Gasteiger partial charge in [-0.1, -0.05) is 30.3 Å². The average molecular weight is 521 g/mol. The Morgan fingerprint density at radius 2 is 1.70 bits per heavy atom. The van der Waals surface area contributed by atoms with Crippen LogP contribution in [0.5, 0.6) is 17.2 Å². The van der Waals surface area contributed by atoms with E-state index in [1.807, 2.05) is 30.3 Å². The minimum absolute atomic E-state index is 0.138. The van der Waals surface area contributed by atoms with Crippen molar-refractivity contribution in [2.24, 2.45) is 0 Å². The molecular formula is C29H32N2O5S. The Balaban J connectivity index is 1.53. The van der Waals surface area contributed by atoms with Gasteiger partial charge in [0, 0.05) is 13.1 Å². The third kappa shape index (κ3) is 6.32. The van der Waals surface area contributed by atoms with Crippen LogP contribution in [0.3, 0.4) is 0 Å². The van der Waals surface area contributed by atoms with Gasteiger partial charge in [0.05, 0.1) is 32.9 Å². The van der Waals surface area contributed by atoms with Crippen molar-refractivity contribution in [1.29, 1.82) is 0 Å². The number of benzene rings is 3. The van der Waals surface area contributed by atoms with Gasteiger partial charge >= 0.3 is 5.97 Å². The van der Waals surface area contributed by atoms with Crippen LogP contribution in [0, 0.1) is 0 Å². The van der Waals surface area contributed by atoms with Crippen LogP contribution in [0.15, 0.2) is 66.7 Å². The molecule has 7 nitrogen and oxygen atoms in total. The summed E-state index contributed by atoms with van der Waals surface area (Å²) >= 11 is 5.85. The summed E-state index contributed by atoms with van der Waals surface area (Å²) in [5.41, 5.74) is 3.99. The van der Waals surface area contributed by atoms with Crippen LogP contribution in [0.2, 0.25) is 0 Å². The average Bonchev–Trinajstić information content (AvgIpc) is 2.95. The van der Waals surface area contributed by atoms with Gasteiger partial charge < -0.3 is 29.2 Å². The molecule has 0 spiro atoms. The maximum atomic E-state index is 11.8. The summed E-state index contributed by atoms with van der Waals surface area (Å²) in [7, 11) is 4.64. The van der Waals surface area contributed by atoms with Gasteiger partial charge in [-0.3, -0.25) is 0 Å². The summed E-state index contributed by atoms with van der Waals surface area (Å²) in [6, 6.07) is 21.2. The van der Waals surface area contributed by atoms with E-state index >= 15 is 0 Å². The fraction of sp³-hybridized carbons (Fsp3) is 0.310. The molecule has 0 amide bonds. The second kappa shape index (κ2) is 12.5. The Hall–Kier alpha value is -3.78. The molecule has 1 aliphatic rings. The van der Waals surface area contributed by atoms with Crippen LogP contribution < -0.4 is 19.5 Å². The lowest BCUT2D eigenvalue weighted by atomic mass is 9.92. The van der Waals surface area contributed by atoms with Crippen LogP contribution >= 0.6 is 12.2 Å². The first kappa shape index (κ1) is 26.3. The molecule has 1 N–H and O–H groups in total. The Morgan fingerprint density at radius 1 is 1.00 bits per heavy atom. The minimum Gasteiger partial charge on any atom is -0.493 e. The first-order valence-electron chi connectivity index (χ1n) is 12.2. The second-order valence-corrected chi connectivity index (χ2v) is 9.05. The topological polar surface area (TPSA) is 69.3 Å². The normalized spacial score (nSPS) is 14.4. The number of esters is 1. The SMILES string of the molecule is COC(=O)c1ccc(OC[C@@H]2c3cc(OC)c(OC)cc3CCN2C(=S)NCCc2ccccc2)cc1. The fourth-order valence-electron chi connectivity index (χ4n) is 4.49. The molecule has 0 aromatic heterocycles. The number of nitrogens with one attached hydrogen (secondary N) is 1. The van der Waals surface area contributed by atoms with Gasteiger partial charge in [-0.25, -0.2) is 4.79 Å². The first-order valence-corrected chi connectivity index (χ1v) is 12.6. The predicted octanol–water partition coefficient (Wildman–Crippen LogP) is 4.59. The highest BCUT2D eigenvalue weighted by Gasteiger charge is 2.31. The lowest BCUT2D eigenvalue weighted by Gasteiger charge is -2.39.